The lowest BCUT2D eigenvalue weighted by molar-refractivity contribution is -0.107. The summed E-state index contributed by atoms with van der Waals surface area (Å²) in [5.41, 5.74) is 0.834. The van der Waals surface area contributed by atoms with Crippen molar-refractivity contribution in [3.05, 3.63) is 29.8 Å². The summed E-state index contributed by atoms with van der Waals surface area (Å²) in [6.07, 6.45) is 1.74. The Morgan fingerprint density at radius 1 is 1.20 bits per heavy atom. The molecule has 0 aromatic heterocycles. The topological polar surface area (TPSA) is 51.2 Å². The lowest BCUT2D eigenvalue weighted by Gasteiger charge is -2.03. The van der Waals surface area contributed by atoms with E-state index in [0.29, 0.717) is 17.7 Å². The van der Waals surface area contributed by atoms with E-state index in [0.717, 1.165) is 11.8 Å². The van der Waals surface area contributed by atoms with Crippen molar-refractivity contribution in [3.63, 3.8) is 0 Å². The van der Waals surface area contributed by atoms with Crippen molar-refractivity contribution in [1.29, 1.82) is 0 Å². The van der Waals surface area contributed by atoms with Crippen molar-refractivity contribution in [3.8, 4) is 0 Å². The van der Waals surface area contributed by atoms with Gasteiger partial charge in [0.25, 0.3) is 0 Å². The SMILES string of the molecule is CCCS(=O)(=O)c1ccc(CC=O)cc1. The predicted molar refractivity (Wildman–Crippen MR) is 58.6 cm³/mol. The first kappa shape index (κ1) is 11.9. The van der Waals surface area contributed by atoms with E-state index in [1.165, 1.54) is 0 Å². The summed E-state index contributed by atoms with van der Waals surface area (Å²) in [4.78, 5) is 10.6. The van der Waals surface area contributed by atoms with Gasteiger partial charge >= 0.3 is 0 Å². The molecule has 0 atom stereocenters. The highest BCUT2D eigenvalue weighted by Crippen LogP contribution is 2.13. The molecule has 0 aliphatic heterocycles. The summed E-state index contributed by atoms with van der Waals surface area (Å²) >= 11 is 0. The number of hydrogen-bond donors (Lipinski definition) is 0. The maximum Gasteiger partial charge on any atom is 0.178 e. The fourth-order valence-electron chi connectivity index (χ4n) is 1.32. The van der Waals surface area contributed by atoms with Gasteiger partial charge in [-0.3, -0.25) is 0 Å². The Labute approximate surface area is 90.0 Å². The second-order valence-electron chi connectivity index (χ2n) is 3.33. The Balaban J connectivity index is 2.93. The van der Waals surface area contributed by atoms with E-state index in [-0.39, 0.29) is 5.75 Å². The molecule has 3 nitrogen and oxygen atoms in total. The van der Waals surface area contributed by atoms with Crippen LogP contribution in [0.4, 0.5) is 0 Å². The quantitative estimate of drug-likeness (QED) is 0.717. The van der Waals surface area contributed by atoms with Crippen LogP contribution in [0, 0.1) is 0 Å². The zero-order valence-corrected chi connectivity index (χ0v) is 9.46. The number of rotatable bonds is 5. The molecule has 1 aromatic carbocycles. The molecule has 0 aliphatic rings. The first-order valence-corrected chi connectivity index (χ1v) is 6.50. The fourth-order valence-corrected chi connectivity index (χ4v) is 2.64. The van der Waals surface area contributed by atoms with Crippen molar-refractivity contribution >= 4 is 16.1 Å². The summed E-state index contributed by atoms with van der Waals surface area (Å²) < 4.78 is 23.3. The van der Waals surface area contributed by atoms with Gasteiger partial charge in [0.1, 0.15) is 6.29 Å². The molecule has 1 aromatic rings. The van der Waals surface area contributed by atoms with Gasteiger partial charge in [0.15, 0.2) is 9.84 Å². The zero-order chi connectivity index (χ0) is 11.3. The third-order valence-corrected chi connectivity index (χ3v) is 4.01. The summed E-state index contributed by atoms with van der Waals surface area (Å²) in [6.45, 7) is 1.83. The maximum absolute atomic E-state index is 11.6. The molecule has 0 fully saturated rings. The highest BCUT2D eigenvalue weighted by Gasteiger charge is 2.12. The third kappa shape index (κ3) is 3.16. The molecular formula is C11H14O3S. The van der Waals surface area contributed by atoms with Gasteiger partial charge in [0.05, 0.1) is 10.6 Å². The van der Waals surface area contributed by atoms with Crippen LogP contribution >= 0.6 is 0 Å². The van der Waals surface area contributed by atoms with Gasteiger partial charge in [-0.1, -0.05) is 19.1 Å². The van der Waals surface area contributed by atoms with E-state index in [1.54, 1.807) is 24.3 Å². The first-order valence-electron chi connectivity index (χ1n) is 4.85. The Bertz CT molecular complexity index is 418. The number of benzene rings is 1. The minimum atomic E-state index is -3.13. The number of aldehydes is 1. The smallest absolute Gasteiger partial charge is 0.178 e. The van der Waals surface area contributed by atoms with Crippen LogP contribution in [-0.4, -0.2) is 20.5 Å². The van der Waals surface area contributed by atoms with Crippen LogP contribution in [0.5, 0.6) is 0 Å². The molecule has 0 amide bonds. The minimum Gasteiger partial charge on any atom is -0.303 e. The van der Waals surface area contributed by atoms with Gasteiger partial charge in [-0.25, -0.2) is 8.42 Å². The predicted octanol–water partition coefficient (Wildman–Crippen LogP) is 1.61. The summed E-state index contributed by atoms with van der Waals surface area (Å²) in [7, 11) is -3.13. The van der Waals surface area contributed by atoms with Crippen LogP contribution in [0.25, 0.3) is 0 Å². The molecule has 15 heavy (non-hydrogen) atoms. The van der Waals surface area contributed by atoms with Gasteiger partial charge in [0.2, 0.25) is 0 Å². The second kappa shape index (κ2) is 5.07. The molecule has 82 valence electrons. The molecule has 1 rings (SSSR count). The molecule has 0 N–H and O–H groups in total. The van der Waals surface area contributed by atoms with E-state index in [9.17, 15) is 13.2 Å². The summed E-state index contributed by atoms with van der Waals surface area (Å²) in [5, 5.41) is 0. The zero-order valence-electron chi connectivity index (χ0n) is 8.64. The molecule has 0 bridgehead atoms. The molecule has 0 unspecified atom stereocenters. The van der Waals surface area contributed by atoms with Crippen LogP contribution in [0.15, 0.2) is 29.2 Å². The fraction of sp³-hybridized carbons (Fsp3) is 0.364. The van der Waals surface area contributed by atoms with Crippen molar-refractivity contribution in [1.82, 2.24) is 0 Å². The molecule has 0 heterocycles. The van der Waals surface area contributed by atoms with E-state index in [1.807, 2.05) is 6.92 Å². The Hall–Kier alpha value is -1.16. The molecule has 0 radical (unpaired) electrons. The van der Waals surface area contributed by atoms with Gasteiger partial charge < -0.3 is 4.79 Å². The van der Waals surface area contributed by atoms with Crippen LogP contribution in [-0.2, 0) is 21.1 Å². The van der Waals surface area contributed by atoms with Crippen molar-refractivity contribution in [2.45, 2.75) is 24.7 Å². The lowest BCUT2D eigenvalue weighted by Crippen LogP contribution is -2.05. The first-order chi connectivity index (χ1) is 7.10. The average Bonchev–Trinajstić information content (AvgIpc) is 2.19. The average molecular weight is 226 g/mol. The molecule has 4 heteroatoms. The summed E-state index contributed by atoms with van der Waals surface area (Å²) in [5.74, 6) is 0.167. The number of hydrogen-bond acceptors (Lipinski definition) is 3. The molecule has 0 aliphatic carbocycles. The van der Waals surface area contributed by atoms with E-state index in [4.69, 9.17) is 0 Å². The molecule has 0 spiro atoms. The van der Waals surface area contributed by atoms with Gasteiger partial charge in [-0.2, -0.15) is 0 Å². The van der Waals surface area contributed by atoms with Crippen LogP contribution in [0.1, 0.15) is 18.9 Å². The van der Waals surface area contributed by atoms with E-state index in [2.05, 4.69) is 0 Å². The van der Waals surface area contributed by atoms with Crippen molar-refractivity contribution in [2.24, 2.45) is 0 Å². The maximum atomic E-state index is 11.6. The van der Waals surface area contributed by atoms with Gasteiger partial charge in [-0.15, -0.1) is 0 Å². The Morgan fingerprint density at radius 2 is 1.80 bits per heavy atom. The Kier molecular flexibility index (Phi) is 4.03. The molecule has 0 saturated carbocycles. The van der Waals surface area contributed by atoms with E-state index >= 15 is 0 Å². The minimum absolute atomic E-state index is 0.167. The van der Waals surface area contributed by atoms with E-state index < -0.39 is 9.84 Å². The lowest BCUT2D eigenvalue weighted by atomic mass is 10.2. The summed E-state index contributed by atoms with van der Waals surface area (Å²) in [6, 6.07) is 6.47. The number of sulfone groups is 1. The van der Waals surface area contributed by atoms with Gasteiger partial charge in [0, 0.05) is 6.42 Å². The van der Waals surface area contributed by atoms with Gasteiger partial charge in [-0.05, 0) is 24.1 Å². The second-order valence-corrected chi connectivity index (χ2v) is 5.44. The molecule has 0 saturated heterocycles. The monoisotopic (exact) mass is 226 g/mol. The normalized spacial score (nSPS) is 11.3. The third-order valence-electron chi connectivity index (χ3n) is 2.07. The Morgan fingerprint density at radius 3 is 2.27 bits per heavy atom. The number of carbonyl (C=O) groups excluding carboxylic acids is 1. The largest absolute Gasteiger partial charge is 0.303 e. The standard InChI is InChI=1S/C11H14O3S/c1-2-9-15(13,14)11-5-3-10(4-6-11)7-8-12/h3-6,8H,2,7,9H2,1H3. The number of carbonyl (C=O) groups is 1. The highest BCUT2D eigenvalue weighted by atomic mass is 32.2. The van der Waals surface area contributed by atoms with Crippen molar-refractivity contribution in [2.75, 3.05) is 5.75 Å². The van der Waals surface area contributed by atoms with Crippen molar-refractivity contribution < 1.29 is 13.2 Å². The highest BCUT2D eigenvalue weighted by molar-refractivity contribution is 7.91. The van der Waals surface area contributed by atoms with Crippen LogP contribution < -0.4 is 0 Å². The van der Waals surface area contributed by atoms with Crippen LogP contribution in [0.2, 0.25) is 0 Å². The van der Waals surface area contributed by atoms with Crippen LogP contribution in [0.3, 0.4) is 0 Å². The molecular weight excluding hydrogens is 212 g/mol.